The molecule has 3 heteroatoms. The van der Waals surface area contributed by atoms with Crippen molar-refractivity contribution in [3.8, 4) is 0 Å². The van der Waals surface area contributed by atoms with Gasteiger partial charge in [-0.25, -0.2) is 0 Å². The zero-order valence-corrected chi connectivity index (χ0v) is 8.23. The molecule has 3 nitrogen and oxygen atoms in total. The first-order valence-corrected chi connectivity index (χ1v) is 4.69. The largest absolute Gasteiger partial charge is 0.481 e. The number of nitrogens with two attached hydrogens (primary N) is 1. The number of benzene rings is 1. The maximum absolute atomic E-state index is 10.5. The molecule has 0 bridgehead atoms. The van der Waals surface area contributed by atoms with Gasteiger partial charge in [0.05, 0.1) is 6.42 Å². The second kappa shape index (κ2) is 4.77. The van der Waals surface area contributed by atoms with Crippen molar-refractivity contribution in [1.29, 1.82) is 0 Å². The molecule has 0 aliphatic carbocycles. The summed E-state index contributed by atoms with van der Waals surface area (Å²) >= 11 is 0. The predicted molar refractivity (Wildman–Crippen MR) is 55.0 cm³/mol. The topological polar surface area (TPSA) is 63.3 Å². The van der Waals surface area contributed by atoms with Gasteiger partial charge >= 0.3 is 5.97 Å². The molecule has 0 spiro atoms. The van der Waals surface area contributed by atoms with Crippen LogP contribution in [0, 0.1) is 0 Å². The second-order valence-electron chi connectivity index (χ2n) is 3.33. The molecule has 0 radical (unpaired) electrons. The fourth-order valence-corrected chi connectivity index (χ4v) is 1.34. The van der Waals surface area contributed by atoms with E-state index in [4.69, 9.17) is 10.8 Å². The summed E-state index contributed by atoms with van der Waals surface area (Å²) in [5.41, 5.74) is 7.66. The molecule has 0 saturated heterocycles. The number of carboxylic acids is 1. The van der Waals surface area contributed by atoms with Crippen LogP contribution in [0.4, 0.5) is 0 Å². The highest BCUT2D eigenvalue weighted by molar-refractivity contribution is 5.70. The van der Waals surface area contributed by atoms with Crippen LogP contribution >= 0.6 is 0 Å². The van der Waals surface area contributed by atoms with Crippen molar-refractivity contribution in [3.05, 3.63) is 35.4 Å². The fourth-order valence-electron chi connectivity index (χ4n) is 1.34. The molecule has 0 heterocycles. The van der Waals surface area contributed by atoms with E-state index < -0.39 is 5.97 Å². The van der Waals surface area contributed by atoms with E-state index in [0.717, 1.165) is 17.5 Å². The Morgan fingerprint density at radius 3 is 2.86 bits per heavy atom. The van der Waals surface area contributed by atoms with Gasteiger partial charge in [0.25, 0.3) is 0 Å². The summed E-state index contributed by atoms with van der Waals surface area (Å²) in [6.07, 6.45) is 0.917. The number of aliphatic carboxylic acids is 1. The maximum atomic E-state index is 10.5. The first kappa shape index (κ1) is 10.7. The predicted octanol–water partition coefficient (Wildman–Crippen LogP) is 1.72. The first-order valence-electron chi connectivity index (χ1n) is 4.69. The molecule has 0 aliphatic rings. The van der Waals surface area contributed by atoms with Gasteiger partial charge in [-0.15, -0.1) is 0 Å². The Labute approximate surface area is 83.6 Å². The molecule has 0 amide bonds. The third-order valence-electron chi connectivity index (χ3n) is 2.17. The van der Waals surface area contributed by atoms with Crippen LogP contribution in [0.1, 0.15) is 30.5 Å². The van der Waals surface area contributed by atoms with E-state index in [9.17, 15) is 4.79 Å². The number of hydrogen-bond donors (Lipinski definition) is 2. The minimum Gasteiger partial charge on any atom is -0.481 e. The van der Waals surface area contributed by atoms with Crippen molar-refractivity contribution < 1.29 is 9.90 Å². The molecule has 1 rings (SSSR count). The van der Waals surface area contributed by atoms with E-state index >= 15 is 0 Å². The van der Waals surface area contributed by atoms with Crippen LogP contribution in [0.3, 0.4) is 0 Å². The van der Waals surface area contributed by atoms with Crippen LogP contribution in [0.5, 0.6) is 0 Å². The lowest BCUT2D eigenvalue weighted by molar-refractivity contribution is -0.136. The average Bonchev–Trinajstić information content (AvgIpc) is 2.16. The van der Waals surface area contributed by atoms with Gasteiger partial charge in [0, 0.05) is 6.04 Å². The molecule has 1 aromatic carbocycles. The van der Waals surface area contributed by atoms with Gasteiger partial charge in [-0.3, -0.25) is 4.79 Å². The lowest BCUT2D eigenvalue weighted by Crippen LogP contribution is -2.09. The summed E-state index contributed by atoms with van der Waals surface area (Å²) in [7, 11) is 0. The summed E-state index contributed by atoms with van der Waals surface area (Å²) < 4.78 is 0. The van der Waals surface area contributed by atoms with Crippen molar-refractivity contribution in [3.63, 3.8) is 0 Å². The van der Waals surface area contributed by atoms with Gasteiger partial charge in [-0.1, -0.05) is 31.2 Å². The molecule has 0 unspecified atom stereocenters. The maximum Gasteiger partial charge on any atom is 0.307 e. The quantitative estimate of drug-likeness (QED) is 0.765. The van der Waals surface area contributed by atoms with Crippen LogP contribution in [0.15, 0.2) is 24.3 Å². The number of rotatable bonds is 4. The highest BCUT2D eigenvalue weighted by atomic mass is 16.4. The van der Waals surface area contributed by atoms with Crippen LogP contribution < -0.4 is 5.73 Å². The van der Waals surface area contributed by atoms with Crippen molar-refractivity contribution in [2.45, 2.75) is 25.8 Å². The van der Waals surface area contributed by atoms with Crippen molar-refractivity contribution in [2.24, 2.45) is 5.73 Å². The van der Waals surface area contributed by atoms with Crippen LogP contribution in [-0.2, 0) is 11.2 Å². The average molecular weight is 193 g/mol. The highest BCUT2D eigenvalue weighted by Gasteiger charge is 2.05. The minimum atomic E-state index is -0.813. The van der Waals surface area contributed by atoms with E-state index in [0.29, 0.717) is 0 Å². The lowest BCUT2D eigenvalue weighted by atomic mass is 10.0. The van der Waals surface area contributed by atoms with Crippen molar-refractivity contribution in [2.75, 3.05) is 0 Å². The first-order chi connectivity index (χ1) is 6.63. The molecule has 1 aromatic rings. The summed E-state index contributed by atoms with van der Waals surface area (Å²) in [5.74, 6) is -0.813. The molecular formula is C11H15NO2. The standard InChI is InChI=1S/C11H15NO2/c1-2-10(12)9-5-3-4-8(6-9)7-11(13)14/h3-6,10H,2,7,12H2,1H3,(H,13,14)/t10-/m0/s1. The van der Waals surface area contributed by atoms with E-state index in [1.54, 1.807) is 6.07 Å². The van der Waals surface area contributed by atoms with E-state index in [1.165, 1.54) is 0 Å². The Balaban J connectivity index is 2.83. The van der Waals surface area contributed by atoms with Gasteiger partial charge in [0.2, 0.25) is 0 Å². The Morgan fingerprint density at radius 2 is 2.29 bits per heavy atom. The summed E-state index contributed by atoms with van der Waals surface area (Å²) in [6, 6.07) is 7.45. The zero-order chi connectivity index (χ0) is 10.6. The van der Waals surface area contributed by atoms with Gasteiger partial charge in [0.15, 0.2) is 0 Å². The third kappa shape index (κ3) is 2.85. The molecule has 0 saturated carbocycles. The Kier molecular flexibility index (Phi) is 3.65. The zero-order valence-electron chi connectivity index (χ0n) is 8.23. The van der Waals surface area contributed by atoms with E-state index in [2.05, 4.69) is 0 Å². The Bertz CT molecular complexity index is 323. The minimum absolute atomic E-state index is 0.00347. The van der Waals surface area contributed by atoms with Crippen molar-refractivity contribution in [1.82, 2.24) is 0 Å². The number of carboxylic acid groups (broad SMARTS) is 1. The number of hydrogen-bond acceptors (Lipinski definition) is 2. The molecule has 3 N–H and O–H groups in total. The Hall–Kier alpha value is -1.35. The normalized spacial score (nSPS) is 12.4. The van der Waals surface area contributed by atoms with Crippen LogP contribution in [0.2, 0.25) is 0 Å². The van der Waals surface area contributed by atoms with Gasteiger partial charge in [-0.2, -0.15) is 0 Å². The van der Waals surface area contributed by atoms with Crippen molar-refractivity contribution >= 4 is 5.97 Å². The smallest absolute Gasteiger partial charge is 0.307 e. The molecule has 1 atom stereocenters. The van der Waals surface area contributed by atoms with Crippen LogP contribution in [-0.4, -0.2) is 11.1 Å². The lowest BCUT2D eigenvalue weighted by Gasteiger charge is -2.09. The third-order valence-corrected chi connectivity index (χ3v) is 2.17. The molecule has 14 heavy (non-hydrogen) atoms. The fraction of sp³-hybridized carbons (Fsp3) is 0.364. The van der Waals surface area contributed by atoms with E-state index in [1.807, 2.05) is 25.1 Å². The van der Waals surface area contributed by atoms with E-state index in [-0.39, 0.29) is 12.5 Å². The summed E-state index contributed by atoms with van der Waals surface area (Å²) in [4.78, 5) is 10.5. The SMILES string of the molecule is CC[C@H](N)c1cccc(CC(=O)O)c1. The highest BCUT2D eigenvalue weighted by Crippen LogP contribution is 2.15. The Morgan fingerprint density at radius 1 is 1.57 bits per heavy atom. The van der Waals surface area contributed by atoms with Crippen LogP contribution in [0.25, 0.3) is 0 Å². The van der Waals surface area contributed by atoms with Gasteiger partial charge < -0.3 is 10.8 Å². The monoisotopic (exact) mass is 193 g/mol. The summed E-state index contributed by atoms with van der Waals surface area (Å²) in [5, 5.41) is 8.62. The number of carbonyl (C=O) groups is 1. The summed E-state index contributed by atoms with van der Waals surface area (Å²) in [6.45, 7) is 2.01. The molecule has 0 fully saturated rings. The van der Waals surface area contributed by atoms with Gasteiger partial charge in [0.1, 0.15) is 0 Å². The second-order valence-corrected chi connectivity index (χ2v) is 3.33. The molecular weight excluding hydrogens is 178 g/mol. The molecule has 0 aliphatic heterocycles. The molecule has 76 valence electrons. The molecule has 0 aromatic heterocycles. The van der Waals surface area contributed by atoms with Gasteiger partial charge in [-0.05, 0) is 17.5 Å².